The fraction of sp³-hybridized carbons (Fsp3) is 0.741. The zero-order valence-corrected chi connectivity index (χ0v) is 26.6. The monoisotopic (exact) mass is 598 g/mol. The van der Waals surface area contributed by atoms with Gasteiger partial charge in [0.05, 0.1) is 0 Å². The predicted octanol–water partition coefficient (Wildman–Crippen LogP) is 7.29. The molecule has 0 radical (unpaired) electrons. The molecule has 0 aliphatic carbocycles. The summed E-state index contributed by atoms with van der Waals surface area (Å²) in [4.78, 5) is 40.9. The summed E-state index contributed by atoms with van der Waals surface area (Å²) in [6.45, 7) is 17.8. The van der Waals surface area contributed by atoms with Crippen LogP contribution in [0.1, 0.15) is 110 Å². The molecule has 0 unspecified atom stereocenters. The molecule has 5 nitrogen and oxygen atoms in total. The zero-order valence-electron chi connectivity index (χ0n) is 23.0. The Kier molecular flexibility index (Phi) is 9.88. The van der Waals surface area contributed by atoms with Gasteiger partial charge in [0.1, 0.15) is 0 Å². The average Bonchev–Trinajstić information content (AvgIpc) is 3.28. The number of unbranched alkanes of at least 4 members (excludes halogenated alkanes) is 3. The molecule has 0 aliphatic heterocycles. The third-order valence-electron chi connectivity index (χ3n) is 6.79. The first-order valence-corrected chi connectivity index (χ1v) is 21.5. The first-order chi connectivity index (χ1) is 15.8. The average molecular weight is 597 g/mol. The van der Waals surface area contributed by atoms with Gasteiger partial charge in [0, 0.05) is 0 Å². The number of hydrogen-bond donors (Lipinski definition) is 0. The van der Waals surface area contributed by atoms with Crippen LogP contribution in [0.3, 0.4) is 0 Å². The molecule has 2 aromatic heterocycles. The molecule has 2 rings (SSSR count). The predicted molar refractivity (Wildman–Crippen MR) is 149 cm³/mol. The molecule has 0 aromatic carbocycles. The van der Waals surface area contributed by atoms with Crippen molar-refractivity contribution in [3.05, 3.63) is 15.9 Å². The molecule has 2 aromatic rings. The molecule has 0 saturated carbocycles. The van der Waals surface area contributed by atoms with Crippen LogP contribution in [0.25, 0.3) is 11.0 Å². The van der Waals surface area contributed by atoms with E-state index >= 15 is 0 Å². The van der Waals surface area contributed by atoms with E-state index < -0.39 is 34.9 Å². The number of thiophene rings is 1. The third kappa shape index (κ3) is 5.90. The second kappa shape index (κ2) is 11.4. The molecule has 0 aliphatic rings. The van der Waals surface area contributed by atoms with Gasteiger partial charge >= 0.3 is 215 Å². The van der Waals surface area contributed by atoms with Gasteiger partial charge in [-0.1, -0.05) is 0 Å². The van der Waals surface area contributed by atoms with Crippen molar-refractivity contribution in [3.63, 3.8) is 0 Å². The summed E-state index contributed by atoms with van der Waals surface area (Å²) in [7, 11) is 0. The first-order valence-electron chi connectivity index (χ1n) is 13.1. The normalized spacial score (nSPS) is 13.1. The van der Waals surface area contributed by atoms with Crippen molar-refractivity contribution in [1.29, 1.82) is 0 Å². The van der Waals surface area contributed by atoms with Crippen LogP contribution < -0.4 is 8.58 Å². The van der Waals surface area contributed by atoms with Gasteiger partial charge in [-0.05, 0) is 0 Å². The molecule has 192 valence electrons. The molecule has 34 heavy (non-hydrogen) atoms. The standard InChI is InChI=1S/C15H19N2O3S.3C4H9.Sn/c1-14(2,3)11(18)16-9-7-21-8-10(9)17(13(16)20)12(19)15(4,5)6;3*1-3-4-2;/h7H,1-6H3;3*1,3-4H2,2H3;. The fourth-order valence-corrected chi connectivity index (χ4v) is 25.4. The summed E-state index contributed by atoms with van der Waals surface area (Å²) in [5.41, 5.74) is -0.509. The van der Waals surface area contributed by atoms with Crippen LogP contribution in [-0.4, -0.2) is 39.3 Å². The molecular weight excluding hydrogens is 551 g/mol. The van der Waals surface area contributed by atoms with Crippen molar-refractivity contribution in [2.75, 3.05) is 0 Å². The Morgan fingerprint density at radius 2 is 1.21 bits per heavy atom. The van der Waals surface area contributed by atoms with E-state index in [2.05, 4.69) is 20.8 Å². The molecule has 0 N–H and O–H groups in total. The molecule has 0 bridgehead atoms. The van der Waals surface area contributed by atoms with E-state index in [0.717, 1.165) is 24.8 Å². The van der Waals surface area contributed by atoms with Crippen molar-refractivity contribution in [3.8, 4) is 0 Å². The molecule has 0 saturated heterocycles. The Balaban J connectivity index is 2.98. The molecule has 0 fully saturated rings. The van der Waals surface area contributed by atoms with E-state index in [-0.39, 0.29) is 11.8 Å². The van der Waals surface area contributed by atoms with Gasteiger partial charge in [0.25, 0.3) is 0 Å². The second-order valence-corrected chi connectivity index (χ2v) is 26.9. The van der Waals surface area contributed by atoms with Crippen LogP contribution in [0, 0.1) is 10.8 Å². The van der Waals surface area contributed by atoms with Crippen molar-refractivity contribution < 1.29 is 9.59 Å². The Hall–Kier alpha value is -0.891. The number of rotatable bonds is 10. The minimum absolute atomic E-state index is 0.218. The van der Waals surface area contributed by atoms with E-state index in [1.807, 2.05) is 46.9 Å². The fourth-order valence-electron chi connectivity index (χ4n) is 4.71. The molecule has 7 heteroatoms. The van der Waals surface area contributed by atoms with Gasteiger partial charge in [-0.25, -0.2) is 0 Å². The SMILES string of the molecule is CCC[CH2][Sn]([CH2]CCC)([CH2]CCC)[c]1scc2c1n(C(=O)C(C)(C)C)c(=O)n2C(=O)C(C)(C)C. The number of carbonyl (C=O) groups is 2. The van der Waals surface area contributed by atoms with Crippen molar-refractivity contribution in [2.45, 2.75) is 114 Å². The van der Waals surface area contributed by atoms with Gasteiger partial charge in [0.2, 0.25) is 0 Å². The number of aromatic nitrogens is 2. The maximum absolute atomic E-state index is 13.8. The van der Waals surface area contributed by atoms with Crippen LogP contribution in [0.4, 0.5) is 0 Å². The Labute approximate surface area is 214 Å². The van der Waals surface area contributed by atoms with Crippen LogP contribution in [-0.2, 0) is 0 Å². The van der Waals surface area contributed by atoms with Gasteiger partial charge in [-0.2, -0.15) is 0 Å². The maximum atomic E-state index is 13.8. The number of nitrogens with zero attached hydrogens (tertiary/aromatic N) is 2. The molecule has 2 heterocycles. The molecule has 0 spiro atoms. The second-order valence-electron chi connectivity index (χ2n) is 12.0. The van der Waals surface area contributed by atoms with E-state index in [4.69, 9.17) is 0 Å². The summed E-state index contributed by atoms with van der Waals surface area (Å²) >= 11 is -1.24. The number of carbonyl (C=O) groups excluding carboxylic acids is 2. The van der Waals surface area contributed by atoms with Gasteiger partial charge < -0.3 is 0 Å². The topological polar surface area (TPSA) is 61.1 Å². The molecule has 0 amide bonds. The number of imidazole rings is 1. The van der Waals surface area contributed by atoms with Crippen molar-refractivity contribution in [1.82, 2.24) is 9.13 Å². The van der Waals surface area contributed by atoms with E-state index in [1.54, 1.807) is 11.3 Å². The minimum atomic E-state index is -2.97. The Bertz CT molecular complexity index is 1040. The van der Waals surface area contributed by atoms with E-state index in [9.17, 15) is 14.4 Å². The van der Waals surface area contributed by atoms with Gasteiger partial charge in [-0.15, -0.1) is 0 Å². The third-order valence-corrected chi connectivity index (χ3v) is 26.1. The quantitative estimate of drug-likeness (QED) is 0.270. The summed E-state index contributed by atoms with van der Waals surface area (Å²) in [5, 5.41) is 2.00. The number of fused-ring (bicyclic) bond motifs is 1. The molecular formula is C27H46N2O3SSn. The van der Waals surface area contributed by atoms with Gasteiger partial charge in [0.15, 0.2) is 0 Å². The van der Waals surface area contributed by atoms with Crippen LogP contribution in [0.2, 0.25) is 13.3 Å². The summed E-state index contributed by atoms with van der Waals surface area (Å²) in [6.07, 6.45) is 7.06. The van der Waals surface area contributed by atoms with Crippen LogP contribution in [0.5, 0.6) is 0 Å². The summed E-state index contributed by atoms with van der Waals surface area (Å²) in [5.74, 6) is -0.465. The van der Waals surface area contributed by atoms with Crippen molar-refractivity contribution >= 4 is 55.5 Å². The van der Waals surface area contributed by atoms with Gasteiger partial charge in [-0.3, -0.25) is 0 Å². The summed E-state index contributed by atoms with van der Waals surface area (Å²) < 4.78 is 7.76. The van der Waals surface area contributed by atoms with Crippen molar-refractivity contribution in [2.24, 2.45) is 10.8 Å². The van der Waals surface area contributed by atoms with E-state index in [0.29, 0.717) is 5.52 Å². The van der Waals surface area contributed by atoms with E-state index in [1.165, 1.54) is 44.6 Å². The Morgan fingerprint density at radius 1 is 0.794 bits per heavy atom. The van der Waals surface area contributed by atoms with Crippen LogP contribution in [0.15, 0.2) is 10.2 Å². The summed E-state index contributed by atoms with van der Waals surface area (Å²) in [6, 6.07) is 0. The Morgan fingerprint density at radius 3 is 1.59 bits per heavy atom. The first kappa shape index (κ1) is 29.3. The van der Waals surface area contributed by atoms with Crippen LogP contribution >= 0.6 is 11.3 Å². The molecule has 0 atom stereocenters. The number of hydrogen-bond acceptors (Lipinski definition) is 4. The zero-order chi connectivity index (χ0) is 25.9.